The summed E-state index contributed by atoms with van der Waals surface area (Å²) < 4.78 is 0.990. The molecule has 4 nitrogen and oxygen atoms in total. The van der Waals surface area contributed by atoms with Crippen molar-refractivity contribution < 1.29 is 4.79 Å². The van der Waals surface area contributed by atoms with Crippen LogP contribution in [0.3, 0.4) is 0 Å². The Bertz CT molecular complexity index is 1410. The van der Waals surface area contributed by atoms with Gasteiger partial charge in [-0.3, -0.25) is 4.79 Å². The average Bonchev–Trinajstić information content (AvgIpc) is 3.19. The Morgan fingerprint density at radius 2 is 1.69 bits per heavy atom. The molecule has 32 heavy (non-hydrogen) atoms. The molecule has 0 spiro atoms. The van der Waals surface area contributed by atoms with Gasteiger partial charge in [-0.2, -0.15) is 0 Å². The van der Waals surface area contributed by atoms with Crippen LogP contribution in [-0.4, -0.2) is 15.9 Å². The number of aromatic nitrogens is 2. The van der Waals surface area contributed by atoms with E-state index in [1.165, 1.54) is 10.9 Å². The number of hydrogen-bond donors (Lipinski definition) is 2. The fraction of sp³-hybridized carbons (Fsp3) is 0.111. The number of rotatable bonds is 6. The molecule has 0 aliphatic carbocycles. The fourth-order valence-corrected chi connectivity index (χ4v) is 4.33. The van der Waals surface area contributed by atoms with Crippen molar-refractivity contribution in [3.05, 3.63) is 95.0 Å². The number of fused-ring (bicyclic) bond motifs is 2. The van der Waals surface area contributed by atoms with Crippen molar-refractivity contribution in [1.29, 1.82) is 0 Å². The predicted octanol–water partition coefficient (Wildman–Crippen LogP) is 7.11. The van der Waals surface area contributed by atoms with Crippen LogP contribution in [0.15, 0.2) is 89.4 Å². The van der Waals surface area contributed by atoms with Gasteiger partial charge in [0, 0.05) is 32.9 Å². The summed E-state index contributed by atoms with van der Waals surface area (Å²) >= 11 is 3.41. The molecular weight excluding hydrogens is 462 g/mol. The smallest absolute Gasteiger partial charge is 0.224 e. The van der Waals surface area contributed by atoms with Gasteiger partial charge in [0.25, 0.3) is 0 Å². The molecule has 1 amide bonds. The number of para-hydroxylation sites is 2. The normalized spacial score (nSPS) is 11.2. The maximum absolute atomic E-state index is 12.4. The lowest BCUT2D eigenvalue weighted by Gasteiger charge is -2.08. The molecule has 2 N–H and O–H groups in total. The number of halogens is 1. The lowest BCUT2D eigenvalue weighted by Crippen LogP contribution is -2.11. The van der Waals surface area contributed by atoms with E-state index < -0.39 is 0 Å². The summed E-state index contributed by atoms with van der Waals surface area (Å²) in [6, 6.07) is 28.3. The van der Waals surface area contributed by atoms with Gasteiger partial charge >= 0.3 is 0 Å². The van der Waals surface area contributed by atoms with E-state index >= 15 is 0 Å². The largest absolute Gasteiger partial charge is 0.353 e. The second-order valence-corrected chi connectivity index (χ2v) is 8.74. The van der Waals surface area contributed by atoms with Gasteiger partial charge in [0.2, 0.25) is 5.91 Å². The quantitative estimate of drug-likeness (QED) is 0.270. The zero-order valence-corrected chi connectivity index (χ0v) is 19.0. The van der Waals surface area contributed by atoms with Crippen LogP contribution in [0.2, 0.25) is 0 Å². The Balaban J connectivity index is 1.38. The van der Waals surface area contributed by atoms with Gasteiger partial charge in [-0.15, -0.1) is 0 Å². The summed E-state index contributed by atoms with van der Waals surface area (Å²) in [4.78, 5) is 20.9. The highest BCUT2D eigenvalue weighted by molar-refractivity contribution is 9.10. The lowest BCUT2D eigenvalue weighted by atomic mass is 10.0. The van der Waals surface area contributed by atoms with Crippen LogP contribution in [0.4, 0.5) is 5.69 Å². The molecule has 158 valence electrons. The highest BCUT2D eigenvalue weighted by Crippen LogP contribution is 2.31. The van der Waals surface area contributed by atoms with Crippen molar-refractivity contribution in [3.63, 3.8) is 0 Å². The lowest BCUT2D eigenvalue weighted by molar-refractivity contribution is -0.116. The van der Waals surface area contributed by atoms with Crippen LogP contribution in [0.5, 0.6) is 0 Å². The van der Waals surface area contributed by atoms with E-state index in [0.717, 1.165) is 50.8 Å². The molecule has 2 heterocycles. The molecule has 5 heteroatoms. The summed E-state index contributed by atoms with van der Waals surface area (Å²) in [7, 11) is 0. The number of nitrogens with zero attached hydrogens (tertiary/aromatic N) is 1. The predicted molar refractivity (Wildman–Crippen MR) is 135 cm³/mol. The first-order chi connectivity index (χ1) is 15.7. The molecule has 5 aromatic rings. The number of H-pyrrole nitrogens is 1. The van der Waals surface area contributed by atoms with Gasteiger partial charge in [-0.05, 0) is 60.9 Å². The third-order valence-electron chi connectivity index (χ3n) is 5.63. The second kappa shape index (κ2) is 8.97. The van der Waals surface area contributed by atoms with Crippen LogP contribution in [0, 0.1) is 0 Å². The number of carbonyl (C=O) groups is 1. The number of carbonyl (C=O) groups excluding carboxylic acids is 1. The Labute approximate surface area is 194 Å². The van der Waals surface area contributed by atoms with Crippen molar-refractivity contribution in [2.24, 2.45) is 0 Å². The third-order valence-corrected chi connectivity index (χ3v) is 6.16. The minimum absolute atomic E-state index is 0.0255. The molecule has 0 fully saturated rings. The van der Waals surface area contributed by atoms with Crippen LogP contribution in [0.25, 0.3) is 33.2 Å². The zero-order chi connectivity index (χ0) is 21.9. The number of hydrogen-bond acceptors (Lipinski definition) is 2. The number of benzene rings is 3. The Hall–Kier alpha value is -3.44. The summed E-state index contributed by atoms with van der Waals surface area (Å²) in [6.45, 7) is 0. The molecule has 0 saturated heterocycles. The monoisotopic (exact) mass is 483 g/mol. The van der Waals surface area contributed by atoms with Gasteiger partial charge in [-0.25, -0.2) is 4.98 Å². The van der Waals surface area contributed by atoms with Crippen LogP contribution >= 0.6 is 15.9 Å². The molecule has 0 radical (unpaired) electrons. The fourth-order valence-electron chi connectivity index (χ4n) is 4.07. The van der Waals surface area contributed by atoms with Gasteiger partial charge < -0.3 is 10.3 Å². The Morgan fingerprint density at radius 1 is 0.906 bits per heavy atom. The topological polar surface area (TPSA) is 57.8 Å². The van der Waals surface area contributed by atoms with E-state index in [1.54, 1.807) is 0 Å². The number of pyridine rings is 1. The summed E-state index contributed by atoms with van der Waals surface area (Å²) in [5.74, 6) is 0.0255. The molecule has 2 aromatic heterocycles. The van der Waals surface area contributed by atoms with Gasteiger partial charge in [0.05, 0.1) is 16.9 Å². The molecule has 5 rings (SSSR count). The molecule has 0 saturated carbocycles. The highest BCUT2D eigenvalue weighted by atomic mass is 79.9. The molecule has 0 aliphatic rings. The number of aromatic amines is 1. The minimum atomic E-state index is 0.0255. The van der Waals surface area contributed by atoms with Gasteiger partial charge in [0.1, 0.15) is 0 Å². The van der Waals surface area contributed by atoms with E-state index in [-0.39, 0.29) is 5.91 Å². The average molecular weight is 484 g/mol. The number of anilines is 1. The summed E-state index contributed by atoms with van der Waals surface area (Å²) in [6.07, 6.45) is 2.01. The van der Waals surface area contributed by atoms with E-state index in [2.05, 4.69) is 62.6 Å². The zero-order valence-electron chi connectivity index (χ0n) is 17.4. The van der Waals surface area contributed by atoms with E-state index in [9.17, 15) is 4.79 Å². The highest BCUT2D eigenvalue weighted by Gasteiger charge is 2.15. The van der Waals surface area contributed by atoms with Gasteiger partial charge in [-0.1, -0.05) is 58.4 Å². The number of amides is 1. The SMILES string of the molecule is O=C(CCCc1c(-c2ccc3ccccc3n2)[nH]c2ccccc12)Nc1ccc(Br)cc1. The van der Waals surface area contributed by atoms with E-state index in [0.29, 0.717) is 6.42 Å². The first kappa shape index (κ1) is 20.5. The Morgan fingerprint density at radius 3 is 2.56 bits per heavy atom. The minimum Gasteiger partial charge on any atom is -0.353 e. The molecular formula is C27H22BrN3O. The molecule has 0 bridgehead atoms. The number of aryl methyl sites for hydroxylation is 1. The van der Waals surface area contributed by atoms with Crippen molar-refractivity contribution in [2.75, 3.05) is 5.32 Å². The first-order valence-corrected chi connectivity index (χ1v) is 11.5. The molecule has 0 unspecified atom stereocenters. The standard InChI is InChI=1S/C27H22BrN3O/c28-19-13-15-20(16-14-19)29-26(32)11-5-8-22-21-7-2-4-10-24(21)31-27(22)25-17-12-18-6-1-3-9-23(18)30-25/h1-4,6-7,9-10,12-17,31H,5,8,11H2,(H,29,32). The van der Waals surface area contributed by atoms with Crippen molar-refractivity contribution >= 4 is 49.3 Å². The van der Waals surface area contributed by atoms with E-state index in [1.807, 2.05) is 48.5 Å². The van der Waals surface area contributed by atoms with Crippen LogP contribution in [-0.2, 0) is 11.2 Å². The first-order valence-electron chi connectivity index (χ1n) is 10.7. The molecule has 0 atom stereocenters. The molecule has 0 aliphatic heterocycles. The maximum Gasteiger partial charge on any atom is 0.224 e. The molecule has 3 aromatic carbocycles. The van der Waals surface area contributed by atoms with E-state index in [4.69, 9.17) is 4.98 Å². The summed E-state index contributed by atoms with van der Waals surface area (Å²) in [5.41, 5.74) is 6.04. The van der Waals surface area contributed by atoms with Crippen LogP contribution < -0.4 is 5.32 Å². The maximum atomic E-state index is 12.4. The summed E-state index contributed by atoms with van der Waals surface area (Å²) in [5, 5.41) is 5.28. The van der Waals surface area contributed by atoms with Crippen molar-refractivity contribution in [2.45, 2.75) is 19.3 Å². The third kappa shape index (κ3) is 4.30. The number of nitrogens with one attached hydrogen (secondary N) is 2. The Kier molecular flexibility index (Phi) is 5.73. The van der Waals surface area contributed by atoms with Gasteiger partial charge in [0.15, 0.2) is 0 Å². The second-order valence-electron chi connectivity index (χ2n) is 7.82. The van der Waals surface area contributed by atoms with Crippen molar-refractivity contribution in [1.82, 2.24) is 9.97 Å². The van der Waals surface area contributed by atoms with Crippen molar-refractivity contribution in [3.8, 4) is 11.4 Å². The van der Waals surface area contributed by atoms with Crippen LogP contribution in [0.1, 0.15) is 18.4 Å².